The number of hydrogen-bond acceptors (Lipinski definition) is 6. The highest BCUT2D eigenvalue weighted by atomic mass is 16.2. The Morgan fingerprint density at radius 3 is 2.39 bits per heavy atom. The van der Waals surface area contributed by atoms with Gasteiger partial charge in [-0.25, -0.2) is 9.97 Å². The second-order valence-electron chi connectivity index (χ2n) is 7.57. The van der Waals surface area contributed by atoms with Crippen molar-refractivity contribution in [3.63, 3.8) is 0 Å². The molecule has 2 aliphatic heterocycles. The number of rotatable bonds is 7. The molecule has 2 aliphatic rings. The predicted octanol–water partition coefficient (Wildman–Crippen LogP) is 0.754. The van der Waals surface area contributed by atoms with Crippen molar-refractivity contribution < 1.29 is 9.59 Å². The van der Waals surface area contributed by atoms with Crippen LogP contribution in [-0.2, 0) is 9.59 Å². The molecule has 0 spiro atoms. The molecule has 3 rings (SSSR count). The van der Waals surface area contributed by atoms with Crippen LogP contribution < -0.4 is 10.2 Å². The fraction of sp³-hybridized carbons (Fsp3) is 0.700. The molecule has 2 amide bonds. The van der Waals surface area contributed by atoms with Gasteiger partial charge < -0.3 is 20.0 Å². The number of carbonyl (C=O) groups excluding carboxylic acids is 2. The summed E-state index contributed by atoms with van der Waals surface area (Å²) >= 11 is 0. The third kappa shape index (κ3) is 5.64. The maximum atomic E-state index is 12.6. The highest BCUT2D eigenvalue weighted by molar-refractivity contribution is 5.78. The lowest BCUT2D eigenvalue weighted by molar-refractivity contribution is -0.132. The quantitative estimate of drug-likeness (QED) is 0.743. The third-order valence-electron chi connectivity index (χ3n) is 5.62. The van der Waals surface area contributed by atoms with E-state index in [0.29, 0.717) is 6.42 Å². The van der Waals surface area contributed by atoms with Crippen molar-refractivity contribution in [1.82, 2.24) is 25.1 Å². The number of nitrogens with one attached hydrogen (secondary N) is 1. The first-order valence-corrected chi connectivity index (χ1v) is 10.5. The molecule has 8 heteroatoms. The van der Waals surface area contributed by atoms with Gasteiger partial charge in [0.05, 0.1) is 0 Å². The van der Waals surface area contributed by atoms with Gasteiger partial charge >= 0.3 is 0 Å². The Hall–Kier alpha value is -2.22. The van der Waals surface area contributed by atoms with E-state index < -0.39 is 0 Å². The van der Waals surface area contributed by atoms with E-state index in [1.54, 1.807) is 12.4 Å². The Bertz CT molecular complexity index is 625. The van der Waals surface area contributed by atoms with Gasteiger partial charge in [0.2, 0.25) is 17.8 Å². The molecule has 28 heavy (non-hydrogen) atoms. The molecule has 154 valence electrons. The Morgan fingerprint density at radius 1 is 1.07 bits per heavy atom. The van der Waals surface area contributed by atoms with Crippen LogP contribution in [0.4, 0.5) is 5.95 Å². The molecule has 0 radical (unpaired) electrons. The lowest BCUT2D eigenvalue weighted by Gasteiger charge is -2.35. The van der Waals surface area contributed by atoms with Gasteiger partial charge in [-0.2, -0.15) is 0 Å². The van der Waals surface area contributed by atoms with E-state index in [0.717, 1.165) is 77.6 Å². The van der Waals surface area contributed by atoms with Crippen LogP contribution in [0, 0.1) is 5.92 Å². The zero-order valence-corrected chi connectivity index (χ0v) is 16.8. The maximum absolute atomic E-state index is 12.6. The Labute approximate surface area is 167 Å². The van der Waals surface area contributed by atoms with Crippen molar-refractivity contribution in [2.45, 2.75) is 32.6 Å². The summed E-state index contributed by atoms with van der Waals surface area (Å²) in [5.74, 6) is 1.28. The summed E-state index contributed by atoms with van der Waals surface area (Å²) in [4.78, 5) is 39.6. The van der Waals surface area contributed by atoms with Crippen LogP contribution in [0.1, 0.15) is 32.6 Å². The highest BCUT2D eigenvalue weighted by Crippen LogP contribution is 2.18. The Morgan fingerprint density at radius 2 is 1.75 bits per heavy atom. The number of nitrogens with zero attached hydrogens (tertiary/aromatic N) is 5. The van der Waals surface area contributed by atoms with Crippen LogP contribution in [0.3, 0.4) is 0 Å². The van der Waals surface area contributed by atoms with Gasteiger partial charge in [-0.15, -0.1) is 0 Å². The van der Waals surface area contributed by atoms with E-state index in [2.05, 4.69) is 32.0 Å². The summed E-state index contributed by atoms with van der Waals surface area (Å²) in [6.07, 6.45) is 6.79. The van der Waals surface area contributed by atoms with Crippen molar-refractivity contribution >= 4 is 17.8 Å². The molecule has 3 heterocycles. The molecule has 8 nitrogen and oxygen atoms in total. The number of piperidine rings is 1. The lowest BCUT2D eigenvalue weighted by atomic mass is 9.95. The molecule has 1 aromatic rings. The average Bonchev–Trinajstić information content (AvgIpc) is 2.77. The molecule has 0 aliphatic carbocycles. The second kappa shape index (κ2) is 10.4. The van der Waals surface area contributed by atoms with Gasteiger partial charge in [0, 0.05) is 64.0 Å². The highest BCUT2D eigenvalue weighted by Gasteiger charge is 2.26. The SMILES string of the molecule is CCCNC(=O)C1CCN(CCC(=O)N2CCN(c3ncccn3)CC2)CC1. The van der Waals surface area contributed by atoms with Gasteiger partial charge in [0.1, 0.15) is 0 Å². The normalized spacial score (nSPS) is 18.9. The zero-order chi connectivity index (χ0) is 19.8. The van der Waals surface area contributed by atoms with Gasteiger partial charge in [-0.1, -0.05) is 6.92 Å². The van der Waals surface area contributed by atoms with E-state index >= 15 is 0 Å². The van der Waals surface area contributed by atoms with Crippen LogP contribution >= 0.6 is 0 Å². The maximum Gasteiger partial charge on any atom is 0.225 e. The summed E-state index contributed by atoms with van der Waals surface area (Å²) in [5.41, 5.74) is 0. The molecule has 2 fully saturated rings. The van der Waals surface area contributed by atoms with Crippen molar-refractivity contribution in [3.8, 4) is 0 Å². The van der Waals surface area contributed by atoms with Crippen molar-refractivity contribution in [1.29, 1.82) is 0 Å². The Kier molecular flexibility index (Phi) is 7.59. The minimum atomic E-state index is 0.131. The molecular weight excluding hydrogens is 356 g/mol. The summed E-state index contributed by atoms with van der Waals surface area (Å²) in [7, 11) is 0. The van der Waals surface area contributed by atoms with Gasteiger partial charge in [0.25, 0.3) is 0 Å². The van der Waals surface area contributed by atoms with E-state index in [-0.39, 0.29) is 17.7 Å². The molecule has 1 N–H and O–H groups in total. The molecule has 0 unspecified atom stereocenters. The Balaban J connectivity index is 1.34. The monoisotopic (exact) mass is 388 g/mol. The van der Waals surface area contributed by atoms with Crippen molar-refractivity contribution in [3.05, 3.63) is 18.5 Å². The van der Waals surface area contributed by atoms with Crippen LogP contribution in [0.15, 0.2) is 18.5 Å². The van der Waals surface area contributed by atoms with E-state index in [9.17, 15) is 9.59 Å². The summed E-state index contributed by atoms with van der Waals surface area (Å²) in [5, 5.41) is 2.99. The standard InChI is InChI=1S/C20H32N6O2/c1-2-7-21-19(28)17-4-10-24(11-5-17)12-6-18(27)25-13-15-26(16-14-25)20-22-8-3-9-23-20/h3,8-9,17H,2,4-7,10-16H2,1H3,(H,21,28). The fourth-order valence-corrected chi connectivity index (χ4v) is 3.83. The van der Waals surface area contributed by atoms with Crippen LogP contribution in [0.25, 0.3) is 0 Å². The smallest absolute Gasteiger partial charge is 0.225 e. The molecule has 0 atom stereocenters. The molecule has 0 bridgehead atoms. The van der Waals surface area contributed by atoms with Crippen LogP contribution in [0.2, 0.25) is 0 Å². The molecule has 2 saturated heterocycles. The van der Waals surface area contributed by atoms with Crippen molar-refractivity contribution in [2.75, 3.05) is 57.3 Å². The topological polar surface area (TPSA) is 81.7 Å². The first kappa shape index (κ1) is 20.5. The minimum absolute atomic E-state index is 0.131. The van der Waals surface area contributed by atoms with Gasteiger partial charge in [-0.05, 0) is 38.4 Å². The second-order valence-corrected chi connectivity index (χ2v) is 7.57. The van der Waals surface area contributed by atoms with E-state index in [4.69, 9.17) is 0 Å². The first-order chi connectivity index (χ1) is 13.7. The summed E-state index contributed by atoms with van der Waals surface area (Å²) in [6.45, 7) is 8.39. The number of aromatic nitrogens is 2. The number of carbonyl (C=O) groups is 2. The largest absolute Gasteiger partial charge is 0.356 e. The molecular formula is C20H32N6O2. The first-order valence-electron chi connectivity index (χ1n) is 10.5. The third-order valence-corrected chi connectivity index (χ3v) is 5.62. The number of anilines is 1. The van der Waals surface area contributed by atoms with Crippen LogP contribution in [-0.4, -0.2) is 83.9 Å². The fourth-order valence-electron chi connectivity index (χ4n) is 3.83. The average molecular weight is 389 g/mol. The molecule has 0 aromatic carbocycles. The number of hydrogen-bond donors (Lipinski definition) is 1. The number of piperazine rings is 1. The summed E-state index contributed by atoms with van der Waals surface area (Å²) < 4.78 is 0. The van der Waals surface area contributed by atoms with Crippen LogP contribution in [0.5, 0.6) is 0 Å². The minimum Gasteiger partial charge on any atom is -0.356 e. The number of amides is 2. The van der Waals surface area contributed by atoms with Gasteiger partial charge in [-0.3, -0.25) is 9.59 Å². The lowest BCUT2D eigenvalue weighted by Crippen LogP contribution is -2.50. The number of likely N-dealkylation sites (tertiary alicyclic amines) is 1. The molecule has 0 saturated carbocycles. The van der Waals surface area contributed by atoms with E-state index in [1.807, 2.05) is 11.0 Å². The zero-order valence-electron chi connectivity index (χ0n) is 16.8. The van der Waals surface area contributed by atoms with Gasteiger partial charge in [0.15, 0.2) is 0 Å². The van der Waals surface area contributed by atoms with Crippen molar-refractivity contribution in [2.24, 2.45) is 5.92 Å². The summed E-state index contributed by atoms with van der Waals surface area (Å²) in [6, 6.07) is 1.81. The predicted molar refractivity (Wildman–Crippen MR) is 108 cm³/mol. The van der Waals surface area contributed by atoms with E-state index in [1.165, 1.54) is 0 Å². The molecule has 1 aromatic heterocycles.